The molecule has 1 saturated heterocycles. The van der Waals surface area contributed by atoms with Gasteiger partial charge in [-0.3, -0.25) is 0 Å². The number of hydrogen-bond acceptors (Lipinski definition) is 3. The number of rotatable bonds is 1. The normalized spacial score (nSPS) is 15.9. The summed E-state index contributed by atoms with van der Waals surface area (Å²) in [5.74, 6) is 1.01. The molecule has 4 heteroatoms. The molecule has 1 aromatic rings. The molecule has 0 unspecified atom stereocenters. The predicted octanol–water partition coefficient (Wildman–Crippen LogP) is 1.64. The molecule has 1 fully saturated rings. The van der Waals surface area contributed by atoms with Crippen LogP contribution in [0.1, 0.15) is 6.42 Å². The van der Waals surface area contributed by atoms with Crippen LogP contribution in [0.2, 0.25) is 0 Å². The zero-order valence-electron chi connectivity index (χ0n) is 6.63. The highest BCUT2D eigenvalue weighted by Crippen LogP contribution is 2.28. The van der Waals surface area contributed by atoms with Crippen LogP contribution in [0.5, 0.6) is 0 Å². The van der Waals surface area contributed by atoms with Gasteiger partial charge in [0, 0.05) is 13.1 Å². The Morgan fingerprint density at radius 3 is 2.75 bits per heavy atom. The van der Waals surface area contributed by atoms with Crippen molar-refractivity contribution in [2.75, 3.05) is 23.7 Å². The molecule has 0 amide bonds. The Morgan fingerprint density at radius 2 is 2.25 bits per heavy atom. The van der Waals surface area contributed by atoms with E-state index in [4.69, 9.17) is 5.73 Å². The summed E-state index contributed by atoms with van der Waals surface area (Å²) < 4.78 is 0.988. The highest BCUT2D eigenvalue weighted by molar-refractivity contribution is 9.10. The van der Waals surface area contributed by atoms with Gasteiger partial charge in [0.25, 0.3) is 0 Å². The fraction of sp³-hybridized carbons (Fsp3) is 0.375. The lowest BCUT2D eigenvalue weighted by Crippen LogP contribution is -2.37. The van der Waals surface area contributed by atoms with Gasteiger partial charge in [0.2, 0.25) is 0 Å². The molecule has 0 saturated carbocycles. The molecule has 0 aromatic carbocycles. The van der Waals surface area contributed by atoms with E-state index in [0.29, 0.717) is 5.69 Å². The standard InChI is InChI=1S/C8H10BrN3/c9-7-4-6(10)5-11-8(7)12-2-1-3-12/h4-5H,1-3,10H2. The molecule has 1 aliphatic heterocycles. The summed E-state index contributed by atoms with van der Waals surface area (Å²) in [5, 5.41) is 0. The van der Waals surface area contributed by atoms with Crippen molar-refractivity contribution in [2.24, 2.45) is 0 Å². The van der Waals surface area contributed by atoms with E-state index in [1.807, 2.05) is 6.07 Å². The smallest absolute Gasteiger partial charge is 0.143 e. The molecular weight excluding hydrogens is 218 g/mol. The van der Waals surface area contributed by atoms with E-state index in [-0.39, 0.29) is 0 Å². The van der Waals surface area contributed by atoms with Crippen molar-refractivity contribution in [2.45, 2.75) is 6.42 Å². The van der Waals surface area contributed by atoms with Crippen molar-refractivity contribution in [3.63, 3.8) is 0 Å². The van der Waals surface area contributed by atoms with Crippen LogP contribution >= 0.6 is 15.9 Å². The van der Waals surface area contributed by atoms with Gasteiger partial charge >= 0.3 is 0 Å². The van der Waals surface area contributed by atoms with Crippen molar-refractivity contribution >= 4 is 27.4 Å². The number of pyridine rings is 1. The summed E-state index contributed by atoms with van der Waals surface area (Å²) >= 11 is 3.44. The fourth-order valence-corrected chi connectivity index (χ4v) is 1.82. The minimum absolute atomic E-state index is 0.700. The summed E-state index contributed by atoms with van der Waals surface area (Å²) in [6, 6.07) is 1.89. The fourth-order valence-electron chi connectivity index (χ4n) is 1.21. The van der Waals surface area contributed by atoms with Crippen LogP contribution in [0.15, 0.2) is 16.7 Å². The van der Waals surface area contributed by atoms with Crippen molar-refractivity contribution in [3.8, 4) is 0 Å². The average Bonchev–Trinajstić information content (AvgIpc) is 1.91. The van der Waals surface area contributed by atoms with Crippen LogP contribution in [0.4, 0.5) is 11.5 Å². The van der Waals surface area contributed by atoms with Crippen molar-refractivity contribution in [1.29, 1.82) is 0 Å². The van der Waals surface area contributed by atoms with E-state index in [0.717, 1.165) is 23.4 Å². The summed E-state index contributed by atoms with van der Waals surface area (Å²) in [7, 11) is 0. The van der Waals surface area contributed by atoms with Gasteiger partial charge in [-0.2, -0.15) is 0 Å². The largest absolute Gasteiger partial charge is 0.397 e. The highest BCUT2D eigenvalue weighted by Gasteiger charge is 2.17. The molecule has 2 rings (SSSR count). The maximum atomic E-state index is 5.58. The lowest BCUT2D eigenvalue weighted by molar-refractivity contribution is 0.608. The van der Waals surface area contributed by atoms with Crippen molar-refractivity contribution in [3.05, 3.63) is 16.7 Å². The van der Waals surface area contributed by atoms with Gasteiger partial charge in [0.15, 0.2) is 0 Å². The molecule has 1 aliphatic rings. The van der Waals surface area contributed by atoms with Crippen LogP contribution in [0.3, 0.4) is 0 Å². The van der Waals surface area contributed by atoms with Gasteiger partial charge in [-0.15, -0.1) is 0 Å². The van der Waals surface area contributed by atoms with E-state index < -0.39 is 0 Å². The molecule has 0 aliphatic carbocycles. The molecule has 12 heavy (non-hydrogen) atoms. The van der Waals surface area contributed by atoms with E-state index in [1.54, 1.807) is 6.20 Å². The molecule has 3 nitrogen and oxygen atoms in total. The van der Waals surface area contributed by atoms with Gasteiger partial charge < -0.3 is 10.6 Å². The third kappa shape index (κ3) is 1.27. The first kappa shape index (κ1) is 7.86. The maximum absolute atomic E-state index is 5.58. The van der Waals surface area contributed by atoms with Gasteiger partial charge in [0.1, 0.15) is 5.82 Å². The second-order valence-electron chi connectivity index (χ2n) is 2.91. The van der Waals surface area contributed by atoms with Crippen LogP contribution < -0.4 is 10.6 Å². The molecule has 2 heterocycles. The number of anilines is 2. The quantitative estimate of drug-likeness (QED) is 0.794. The van der Waals surface area contributed by atoms with E-state index >= 15 is 0 Å². The summed E-state index contributed by atoms with van der Waals surface area (Å²) in [6.45, 7) is 2.21. The lowest BCUT2D eigenvalue weighted by Gasteiger charge is -2.32. The molecule has 0 bridgehead atoms. The van der Waals surface area contributed by atoms with Crippen LogP contribution in [-0.2, 0) is 0 Å². The Hall–Kier alpha value is -0.770. The SMILES string of the molecule is Nc1cnc(N2CCC2)c(Br)c1. The Bertz CT molecular complexity index is 296. The summed E-state index contributed by atoms with van der Waals surface area (Å²) in [5.41, 5.74) is 6.28. The number of nitrogen functional groups attached to an aromatic ring is 1. The Kier molecular flexibility index (Phi) is 1.92. The summed E-state index contributed by atoms with van der Waals surface area (Å²) in [4.78, 5) is 6.48. The molecule has 1 aromatic heterocycles. The van der Waals surface area contributed by atoms with Crippen LogP contribution in [0, 0.1) is 0 Å². The first-order valence-electron chi connectivity index (χ1n) is 3.93. The number of halogens is 1. The molecule has 0 radical (unpaired) electrons. The zero-order chi connectivity index (χ0) is 8.55. The van der Waals surface area contributed by atoms with Gasteiger partial charge in [0.05, 0.1) is 16.4 Å². The highest BCUT2D eigenvalue weighted by atomic mass is 79.9. The number of nitrogens with zero attached hydrogens (tertiary/aromatic N) is 2. The molecule has 2 N–H and O–H groups in total. The number of nitrogens with two attached hydrogens (primary N) is 1. The lowest BCUT2D eigenvalue weighted by atomic mass is 10.2. The van der Waals surface area contributed by atoms with Crippen LogP contribution in [0.25, 0.3) is 0 Å². The Morgan fingerprint density at radius 1 is 1.50 bits per heavy atom. The van der Waals surface area contributed by atoms with E-state index in [2.05, 4.69) is 25.8 Å². The topological polar surface area (TPSA) is 42.1 Å². The van der Waals surface area contributed by atoms with E-state index in [9.17, 15) is 0 Å². The predicted molar refractivity (Wildman–Crippen MR) is 53.2 cm³/mol. The van der Waals surface area contributed by atoms with Gasteiger partial charge in [-0.25, -0.2) is 4.98 Å². The minimum atomic E-state index is 0.700. The Labute approximate surface area is 79.7 Å². The molecule has 0 atom stereocenters. The first-order valence-corrected chi connectivity index (χ1v) is 4.72. The number of aromatic nitrogens is 1. The maximum Gasteiger partial charge on any atom is 0.143 e. The zero-order valence-corrected chi connectivity index (χ0v) is 8.21. The van der Waals surface area contributed by atoms with Gasteiger partial charge in [-0.05, 0) is 28.4 Å². The second kappa shape index (κ2) is 2.94. The number of hydrogen-bond donors (Lipinski definition) is 1. The average molecular weight is 228 g/mol. The minimum Gasteiger partial charge on any atom is -0.397 e. The van der Waals surface area contributed by atoms with Crippen molar-refractivity contribution in [1.82, 2.24) is 4.98 Å². The first-order chi connectivity index (χ1) is 5.77. The second-order valence-corrected chi connectivity index (χ2v) is 3.77. The molecule has 64 valence electrons. The van der Waals surface area contributed by atoms with E-state index in [1.165, 1.54) is 6.42 Å². The monoisotopic (exact) mass is 227 g/mol. The third-order valence-electron chi connectivity index (χ3n) is 2.00. The third-order valence-corrected chi connectivity index (χ3v) is 2.58. The Balaban J connectivity index is 2.31. The van der Waals surface area contributed by atoms with Crippen molar-refractivity contribution < 1.29 is 0 Å². The molecular formula is C8H10BrN3. The van der Waals surface area contributed by atoms with Gasteiger partial charge in [-0.1, -0.05) is 0 Å². The molecule has 0 spiro atoms. The summed E-state index contributed by atoms with van der Waals surface area (Å²) in [6.07, 6.45) is 2.96. The van der Waals surface area contributed by atoms with Crippen LogP contribution in [-0.4, -0.2) is 18.1 Å².